The van der Waals surface area contributed by atoms with Crippen molar-refractivity contribution in [1.29, 1.82) is 0 Å². The monoisotopic (exact) mass is 487 g/mol. The van der Waals surface area contributed by atoms with Gasteiger partial charge in [-0.1, -0.05) is 12.1 Å². The zero-order chi connectivity index (χ0) is 25.7. The van der Waals surface area contributed by atoms with E-state index in [1.165, 1.54) is 13.3 Å². The first-order valence-corrected chi connectivity index (χ1v) is 11.2. The van der Waals surface area contributed by atoms with Gasteiger partial charge in [0.1, 0.15) is 5.75 Å². The SMILES string of the molecule is COc1ccccc1NC(=O)c1ccc(NC(=O)COC(=O)c2cnc3c(cnn3C(C)C)c2)cc1. The molecule has 2 amide bonds. The highest BCUT2D eigenvalue weighted by molar-refractivity contribution is 6.05. The van der Waals surface area contributed by atoms with Crippen LogP contribution in [0.15, 0.2) is 67.0 Å². The van der Waals surface area contributed by atoms with Crippen molar-refractivity contribution < 1.29 is 23.9 Å². The summed E-state index contributed by atoms with van der Waals surface area (Å²) >= 11 is 0. The maximum atomic E-state index is 12.5. The highest BCUT2D eigenvalue weighted by atomic mass is 16.5. The summed E-state index contributed by atoms with van der Waals surface area (Å²) in [7, 11) is 1.53. The minimum Gasteiger partial charge on any atom is -0.495 e. The van der Waals surface area contributed by atoms with Crippen molar-refractivity contribution >= 4 is 40.2 Å². The standard InChI is InChI=1S/C26H25N5O5/c1-16(2)31-24-18(14-28-31)12-19(13-27-24)26(34)36-15-23(32)29-20-10-8-17(9-11-20)25(33)30-21-6-4-5-7-22(21)35-3/h4-14,16H,15H2,1-3H3,(H,29,32)(H,30,33). The second kappa shape index (κ2) is 10.7. The van der Waals surface area contributed by atoms with E-state index in [4.69, 9.17) is 9.47 Å². The van der Waals surface area contributed by atoms with E-state index in [-0.39, 0.29) is 17.5 Å². The highest BCUT2D eigenvalue weighted by Crippen LogP contribution is 2.24. The van der Waals surface area contributed by atoms with Crippen LogP contribution in [0.2, 0.25) is 0 Å². The second-order valence-corrected chi connectivity index (χ2v) is 8.18. The third-order valence-electron chi connectivity index (χ3n) is 5.28. The zero-order valence-corrected chi connectivity index (χ0v) is 20.0. The Hall–Kier alpha value is -4.73. The lowest BCUT2D eigenvalue weighted by Crippen LogP contribution is -2.21. The maximum absolute atomic E-state index is 12.5. The van der Waals surface area contributed by atoms with E-state index < -0.39 is 18.5 Å². The van der Waals surface area contributed by atoms with E-state index in [0.717, 1.165) is 0 Å². The molecule has 4 rings (SSSR count). The lowest BCUT2D eigenvalue weighted by Gasteiger charge is -2.10. The van der Waals surface area contributed by atoms with Gasteiger partial charge in [-0.2, -0.15) is 5.10 Å². The summed E-state index contributed by atoms with van der Waals surface area (Å²) in [5.41, 5.74) is 2.29. The van der Waals surface area contributed by atoms with Crippen molar-refractivity contribution in [1.82, 2.24) is 14.8 Å². The Morgan fingerprint density at radius 1 is 0.972 bits per heavy atom. The molecule has 2 aromatic heterocycles. The van der Waals surface area contributed by atoms with E-state index in [9.17, 15) is 14.4 Å². The number of benzene rings is 2. The molecule has 36 heavy (non-hydrogen) atoms. The Labute approximate surface area is 207 Å². The van der Waals surface area contributed by atoms with Crippen LogP contribution in [-0.4, -0.2) is 46.3 Å². The number of para-hydroxylation sites is 2. The molecule has 10 heteroatoms. The number of carbonyl (C=O) groups is 3. The first kappa shape index (κ1) is 24.4. The molecule has 4 aromatic rings. The number of fused-ring (bicyclic) bond motifs is 1. The largest absolute Gasteiger partial charge is 0.495 e. The third-order valence-corrected chi connectivity index (χ3v) is 5.28. The molecule has 0 saturated heterocycles. The number of nitrogens with zero attached hydrogens (tertiary/aromatic N) is 3. The predicted molar refractivity (Wildman–Crippen MR) is 134 cm³/mol. The van der Waals surface area contributed by atoms with Crippen LogP contribution in [-0.2, 0) is 9.53 Å². The van der Waals surface area contributed by atoms with E-state index in [2.05, 4.69) is 20.7 Å². The number of aromatic nitrogens is 3. The number of ether oxygens (including phenoxy) is 2. The molecule has 184 valence electrons. The van der Waals surface area contributed by atoms with E-state index in [0.29, 0.717) is 33.7 Å². The Morgan fingerprint density at radius 2 is 1.72 bits per heavy atom. The molecule has 0 aliphatic rings. The number of hydrogen-bond donors (Lipinski definition) is 2. The summed E-state index contributed by atoms with van der Waals surface area (Å²) in [5, 5.41) is 10.4. The molecular formula is C26H25N5O5. The minimum atomic E-state index is -0.666. The molecule has 2 aromatic carbocycles. The van der Waals surface area contributed by atoms with Crippen LogP contribution < -0.4 is 15.4 Å². The lowest BCUT2D eigenvalue weighted by atomic mass is 10.2. The number of pyridine rings is 1. The summed E-state index contributed by atoms with van der Waals surface area (Å²) in [6.07, 6.45) is 3.03. The van der Waals surface area contributed by atoms with Crippen LogP contribution in [0.4, 0.5) is 11.4 Å². The summed E-state index contributed by atoms with van der Waals surface area (Å²) in [6, 6.07) is 15.2. The van der Waals surface area contributed by atoms with Crippen LogP contribution in [0, 0.1) is 0 Å². The number of esters is 1. The number of rotatable bonds is 8. The van der Waals surface area contributed by atoms with Gasteiger partial charge in [0.05, 0.1) is 24.6 Å². The number of amides is 2. The fourth-order valence-corrected chi connectivity index (χ4v) is 3.49. The van der Waals surface area contributed by atoms with Crippen molar-refractivity contribution in [2.45, 2.75) is 19.9 Å². The zero-order valence-electron chi connectivity index (χ0n) is 20.0. The quantitative estimate of drug-likeness (QED) is 0.359. The normalized spacial score (nSPS) is 10.8. The van der Waals surface area contributed by atoms with E-state index in [1.807, 2.05) is 13.8 Å². The predicted octanol–water partition coefficient (Wildman–Crippen LogP) is 4.07. The molecule has 0 bridgehead atoms. The molecule has 2 heterocycles. The molecule has 2 N–H and O–H groups in total. The topological polar surface area (TPSA) is 124 Å². The average Bonchev–Trinajstić information content (AvgIpc) is 3.32. The van der Waals surface area contributed by atoms with Crippen LogP contribution >= 0.6 is 0 Å². The fourth-order valence-electron chi connectivity index (χ4n) is 3.49. The van der Waals surface area contributed by atoms with Gasteiger partial charge in [0.15, 0.2) is 12.3 Å². The van der Waals surface area contributed by atoms with Crippen LogP contribution in [0.1, 0.15) is 40.6 Å². The first-order valence-electron chi connectivity index (χ1n) is 11.2. The van der Waals surface area contributed by atoms with Crippen molar-refractivity contribution in [3.8, 4) is 5.75 Å². The van der Waals surface area contributed by atoms with Crippen molar-refractivity contribution in [2.24, 2.45) is 0 Å². The van der Waals surface area contributed by atoms with Gasteiger partial charge >= 0.3 is 5.97 Å². The molecule has 0 spiro atoms. The highest BCUT2D eigenvalue weighted by Gasteiger charge is 2.15. The number of anilines is 2. The molecule has 0 fully saturated rings. The number of carbonyl (C=O) groups excluding carboxylic acids is 3. The maximum Gasteiger partial charge on any atom is 0.340 e. The van der Waals surface area contributed by atoms with Crippen LogP contribution in [0.5, 0.6) is 5.75 Å². The Kier molecular flexibility index (Phi) is 7.24. The molecule has 0 atom stereocenters. The Morgan fingerprint density at radius 3 is 2.44 bits per heavy atom. The van der Waals surface area contributed by atoms with Gasteiger partial charge in [0, 0.05) is 28.9 Å². The second-order valence-electron chi connectivity index (χ2n) is 8.18. The summed E-state index contributed by atoms with van der Waals surface area (Å²) < 4.78 is 12.1. The average molecular weight is 488 g/mol. The third kappa shape index (κ3) is 5.49. The van der Waals surface area contributed by atoms with Gasteiger partial charge in [-0.25, -0.2) is 14.5 Å². The fraction of sp³-hybridized carbons (Fsp3) is 0.192. The smallest absolute Gasteiger partial charge is 0.340 e. The summed E-state index contributed by atoms with van der Waals surface area (Å²) in [5.74, 6) is -0.960. The number of hydrogen-bond acceptors (Lipinski definition) is 7. The molecule has 0 saturated carbocycles. The molecule has 0 radical (unpaired) electrons. The first-order chi connectivity index (χ1) is 17.4. The van der Waals surface area contributed by atoms with E-state index >= 15 is 0 Å². The van der Waals surface area contributed by atoms with Gasteiger partial charge in [-0.15, -0.1) is 0 Å². The van der Waals surface area contributed by atoms with Gasteiger partial charge < -0.3 is 20.1 Å². The lowest BCUT2D eigenvalue weighted by molar-refractivity contribution is -0.119. The molecular weight excluding hydrogens is 462 g/mol. The van der Waals surface area contributed by atoms with Gasteiger partial charge in [0.2, 0.25) is 0 Å². The van der Waals surface area contributed by atoms with Crippen molar-refractivity contribution in [3.05, 3.63) is 78.1 Å². The molecule has 0 unspecified atom stereocenters. The summed E-state index contributed by atoms with van der Waals surface area (Å²) in [4.78, 5) is 41.5. The Bertz CT molecular complexity index is 1410. The number of nitrogens with one attached hydrogen (secondary N) is 2. The number of methoxy groups -OCH3 is 1. The summed E-state index contributed by atoms with van der Waals surface area (Å²) in [6.45, 7) is 3.50. The van der Waals surface area contributed by atoms with Crippen molar-refractivity contribution in [2.75, 3.05) is 24.4 Å². The van der Waals surface area contributed by atoms with Gasteiger partial charge in [-0.05, 0) is 56.3 Å². The molecule has 0 aliphatic heterocycles. The Balaban J connectivity index is 1.31. The molecule has 0 aliphatic carbocycles. The van der Waals surface area contributed by atoms with Gasteiger partial charge in [-0.3, -0.25) is 9.59 Å². The van der Waals surface area contributed by atoms with Crippen LogP contribution in [0.3, 0.4) is 0 Å². The minimum absolute atomic E-state index is 0.132. The van der Waals surface area contributed by atoms with Crippen LogP contribution in [0.25, 0.3) is 11.0 Å². The van der Waals surface area contributed by atoms with Gasteiger partial charge in [0.25, 0.3) is 11.8 Å². The molecule has 10 nitrogen and oxygen atoms in total. The van der Waals surface area contributed by atoms with Crippen molar-refractivity contribution in [3.63, 3.8) is 0 Å². The van der Waals surface area contributed by atoms with E-state index in [1.54, 1.807) is 65.5 Å².